The molecule has 0 radical (unpaired) electrons. The van der Waals surface area contributed by atoms with Crippen LogP contribution in [-0.2, 0) is 4.79 Å². The van der Waals surface area contributed by atoms with E-state index in [1.54, 1.807) is 11.4 Å². The highest BCUT2D eigenvalue weighted by Crippen LogP contribution is 2.36. The van der Waals surface area contributed by atoms with Gasteiger partial charge in [-0.2, -0.15) is 0 Å². The molecule has 0 heterocycles. The molecule has 10 heavy (non-hydrogen) atoms. The second kappa shape index (κ2) is 6.76. The molecule has 4 atom stereocenters. The van der Waals surface area contributed by atoms with E-state index in [-0.39, 0.29) is 0 Å². The molecule has 0 spiro atoms. The minimum Gasteiger partial charge on any atom is -0.480 e. The molecule has 0 fully saturated rings. The first-order valence-corrected chi connectivity index (χ1v) is 7.58. The summed E-state index contributed by atoms with van der Waals surface area (Å²) in [7, 11) is 5.44. The zero-order chi connectivity index (χ0) is 7.98. The van der Waals surface area contributed by atoms with Crippen LogP contribution in [0.25, 0.3) is 0 Å². The molecule has 60 valence electrons. The van der Waals surface area contributed by atoms with E-state index in [1.807, 2.05) is 0 Å². The lowest BCUT2D eigenvalue weighted by molar-refractivity contribution is -0.138. The summed E-state index contributed by atoms with van der Waals surface area (Å²) < 4.78 is 0. The number of carboxylic acid groups (broad SMARTS) is 1. The fourth-order valence-electron chi connectivity index (χ4n) is 0.322. The Morgan fingerprint density at radius 3 is 2.80 bits per heavy atom. The van der Waals surface area contributed by atoms with Gasteiger partial charge in [0, 0.05) is 5.75 Å². The number of rotatable bonds is 5. The van der Waals surface area contributed by atoms with Gasteiger partial charge >= 0.3 is 5.97 Å². The van der Waals surface area contributed by atoms with Gasteiger partial charge < -0.3 is 5.11 Å². The quantitative estimate of drug-likeness (QED) is 0.673. The SMILES string of the molecule is O=C(O)[C@H](CSPP)NP. The second-order valence-electron chi connectivity index (χ2n) is 1.49. The Morgan fingerprint density at radius 2 is 2.50 bits per heavy atom. The van der Waals surface area contributed by atoms with Crippen molar-refractivity contribution >= 4 is 43.1 Å². The molecular weight excluding hydrogens is 207 g/mol. The van der Waals surface area contributed by atoms with Crippen LogP contribution in [0.4, 0.5) is 0 Å². The van der Waals surface area contributed by atoms with E-state index in [9.17, 15) is 4.79 Å². The topological polar surface area (TPSA) is 49.3 Å². The van der Waals surface area contributed by atoms with Crippen molar-refractivity contribution in [3.8, 4) is 0 Å². The van der Waals surface area contributed by atoms with Crippen molar-refractivity contribution in [3.05, 3.63) is 0 Å². The van der Waals surface area contributed by atoms with E-state index in [0.717, 1.165) is 0 Å². The first-order chi connectivity index (χ1) is 4.72. The van der Waals surface area contributed by atoms with Crippen LogP contribution in [0, 0.1) is 0 Å². The van der Waals surface area contributed by atoms with Crippen molar-refractivity contribution in [3.63, 3.8) is 0 Å². The van der Waals surface area contributed by atoms with Gasteiger partial charge in [0.1, 0.15) is 6.04 Å². The van der Waals surface area contributed by atoms with E-state index in [4.69, 9.17) is 5.11 Å². The Hall–Kier alpha value is 1.07. The summed E-state index contributed by atoms with van der Waals surface area (Å²) >= 11 is 1.60. The average molecular weight is 217 g/mol. The Bertz CT molecular complexity index is 114. The highest BCUT2D eigenvalue weighted by Gasteiger charge is 2.13. The normalized spacial score (nSPS) is 14.2. The third-order valence-electron chi connectivity index (χ3n) is 0.833. The highest BCUT2D eigenvalue weighted by molar-refractivity contribution is 8.64. The minimum absolute atomic E-state index is 0.442. The van der Waals surface area contributed by atoms with Gasteiger partial charge in [-0.15, -0.1) is 20.3 Å². The molecule has 0 aromatic rings. The van der Waals surface area contributed by atoms with E-state index >= 15 is 0 Å². The molecule has 0 aromatic heterocycles. The van der Waals surface area contributed by atoms with Crippen LogP contribution in [0.3, 0.4) is 0 Å². The molecule has 3 nitrogen and oxygen atoms in total. The van der Waals surface area contributed by atoms with Crippen LogP contribution in [0.5, 0.6) is 0 Å². The van der Waals surface area contributed by atoms with Gasteiger partial charge in [0.2, 0.25) is 0 Å². The monoisotopic (exact) mass is 217 g/mol. The van der Waals surface area contributed by atoms with Crippen molar-refractivity contribution in [1.82, 2.24) is 5.09 Å². The van der Waals surface area contributed by atoms with E-state index in [2.05, 4.69) is 23.4 Å². The number of hydrogen-bond acceptors (Lipinski definition) is 3. The molecule has 0 bridgehead atoms. The van der Waals surface area contributed by atoms with Crippen LogP contribution in [-0.4, -0.2) is 22.9 Å². The lowest BCUT2D eigenvalue weighted by Gasteiger charge is -2.08. The maximum Gasteiger partial charge on any atom is 0.321 e. The average Bonchev–Trinajstić information content (AvgIpc) is 1.89. The van der Waals surface area contributed by atoms with Crippen molar-refractivity contribution < 1.29 is 9.90 Å². The maximum atomic E-state index is 10.3. The third-order valence-corrected chi connectivity index (χ3v) is 4.40. The molecule has 3 unspecified atom stereocenters. The van der Waals surface area contributed by atoms with Crippen molar-refractivity contribution in [2.24, 2.45) is 0 Å². The predicted octanol–water partition coefficient (Wildman–Crippen LogP) is 0.936. The zero-order valence-electron chi connectivity index (χ0n) is 5.20. The Balaban J connectivity index is 3.50. The summed E-state index contributed by atoms with van der Waals surface area (Å²) in [5.74, 6) is -0.188. The fourth-order valence-corrected chi connectivity index (χ4v) is 2.91. The third kappa shape index (κ3) is 4.82. The van der Waals surface area contributed by atoms with Gasteiger partial charge in [0.15, 0.2) is 0 Å². The largest absolute Gasteiger partial charge is 0.480 e. The Labute approximate surface area is 70.4 Å². The minimum atomic E-state index is -0.800. The smallest absolute Gasteiger partial charge is 0.321 e. The molecule has 0 aliphatic carbocycles. The highest BCUT2D eigenvalue weighted by atomic mass is 32.9. The van der Waals surface area contributed by atoms with Gasteiger partial charge in [0.05, 0.1) is 0 Å². The van der Waals surface area contributed by atoms with Gasteiger partial charge in [-0.05, 0) is 7.47 Å². The lowest BCUT2D eigenvalue weighted by Crippen LogP contribution is -2.32. The van der Waals surface area contributed by atoms with Crippen LogP contribution in [0.1, 0.15) is 0 Å². The van der Waals surface area contributed by atoms with Gasteiger partial charge in [-0.1, -0.05) is 9.39 Å². The molecule has 2 N–H and O–H groups in total. The summed E-state index contributed by atoms with van der Waals surface area (Å²) in [6.07, 6.45) is 0. The molecule has 0 aliphatic rings. The van der Waals surface area contributed by atoms with E-state index in [0.29, 0.717) is 13.2 Å². The molecule has 0 aliphatic heterocycles. The molecule has 0 amide bonds. The number of nitrogens with one attached hydrogen (secondary N) is 1. The van der Waals surface area contributed by atoms with Crippen molar-refractivity contribution in [1.29, 1.82) is 0 Å². The number of carbonyl (C=O) groups is 1. The van der Waals surface area contributed by atoms with Gasteiger partial charge in [-0.25, -0.2) is 0 Å². The summed E-state index contributed by atoms with van der Waals surface area (Å²) in [6.45, 7) is 0. The lowest BCUT2D eigenvalue weighted by atomic mass is 10.4. The first kappa shape index (κ1) is 11.1. The van der Waals surface area contributed by atoms with E-state index < -0.39 is 12.0 Å². The molecule has 0 saturated carbocycles. The number of hydrogen-bond donors (Lipinski definition) is 2. The first-order valence-electron chi connectivity index (χ1n) is 2.48. The van der Waals surface area contributed by atoms with Gasteiger partial charge in [0.25, 0.3) is 0 Å². The summed E-state index contributed by atoms with van der Waals surface area (Å²) in [6, 6.07) is -0.442. The molecule has 0 rings (SSSR count). The summed E-state index contributed by atoms with van der Waals surface area (Å²) in [5, 5.41) is 11.1. The zero-order valence-corrected chi connectivity index (χ0v) is 9.33. The summed E-state index contributed by atoms with van der Waals surface area (Å²) in [4.78, 5) is 10.3. The molecular formula is C3H10NO2P3S. The molecule has 0 saturated heterocycles. The summed E-state index contributed by atoms with van der Waals surface area (Å²) in [5.41, 5.74) is 0. The van der Waals surface area contributed by atoms with Crippen molar-refractivity contribution in [2.45, 2.75) is 6.04 Å². The molecule has 7 heteroatoms. The van der Waals surface area contributed by atoms with Crippen LogP contribution in [0.15, 0.2) is 0 Å². The van der Waals surface area contributed by atoms with Crippen LogP contribution >= 0.6 is 37.2 Å². The van der Waals surface area contributed by atoms with E-state index in [1.165, 1.54) is 0 Å². The standard InChI is InChI=1S/C3H10NO2P3S/c5-3(6)2(4-7)1-10-9-8/h2,4,9H,1,7-8H2,(H,5,6)/t2-/m0/s1. The second-order valence-corrected chi connectivity index (χ2v) is 6.37. The maximum absolute atomic E-state index is 10.3. The Kier molecular flexibility index (Phi) is 7.48. The van der Waals surface area contributed by atoms with Crippen molar-refractivity contribution in [2.75, 3.05) is 5.75 Å². The number of carboxylic acids is 1. The fraction of sp³-hybridized carbons (Fsp3) is 0.667. The predicted molar refractivity (Wildman–Crippen MR) is 54.8 cm³/mol. The molecule has 0 aromatic carbocycles. The van der Waals surface area contributed by atoms with Gasteiger partial charge in [-0.3, -0.25) is 9.88 Å². The number of aliphatic carboxylic acids is 1. The van der Waals surface area contributed by atoms with Crippen LogP contribution in [0.2, 0.25) is 0 Å². The van der Waals surface area contributed by atoms with Crippen LogP contribution < -0.4 is 5.09 Å². The Morgan fingerprint density at radius 1 is 1.90 bits per heavy atom.